The minimum atomic E-state index is -3.77. The molecule has 0 fully saturated rings. The van der Waals surface area contributed by atoms with E-state index in [2.05, 4.69) is 10.0 Å². The Morgan fingerprint density at radius 3 is 2.76 bits per heavy atom. The molecule has 0 unspecified atom stereocenters. The van der Waals surface area contributed by atoms with Crippen molar-refractivity contribution in [3.63, 3.8) is 0 Å². The van der Waals surface area contributed by atoms with E-state index in [1.807, 2.05) is 6.92 Å². The van der Waals surface area contributed by atoms with Gasteiger partial charge < -0.3 is 5.32 Å². The number of sulfonamides is 1. The van der Waals surface area contributed by atoms with Crippen molar-refractivity contribution in [1.82, 2.24) is 5.32 Å². The lowest BCUT2D eigenvalue weighted by atomic mass is 10.3. The van der Waals surface area contributed by atoms with Gasteiger partial charge in [0.25, 0.3) is 10.0 Å². The highest BCUT2D eigenvalue weighted by atomic mass is 35.5. The lowest BCUT2D eigenvalue weighted by molar-refractivity contribution is 0.599. The fourth-order valence-corrected chi connectivity index (χ4v) is 4.44. The quantitative estimate of drug-likeness (QED) is 0.840. The largest absolute Gasteiger partial charge is 0.312 e. The van der Waals surface area contributed by atoms with Crippen LogP contribution in [0.15, 0.2) is 34.5 Å². The van der Waals surface area contributed by atoms with Crippen molar-refractivity contribution in [2.45, 2.75) is 18.4 Å². The van der Waals surface area contributed by atoms with Crippen LogP contribution in [0.1, 0.15) is 11.8 Å². The molecular formula is C13H14ClFN2O2S2. The van der Waals surface area contributed by atoms with Crippen molar-refractivity contribution in [2.75, 3.05) is 11.3 Å². The third-order valence-electron chi connectivity index (χ3n) is 2.64. The first-order valence-electron chi connectivity index (χ1n) is 6.18. The van der Waals surface area contributed by atoms with Crippen molar-refractivity contribution in [3.8, 4) is 0 Å². The van der Waals surface area contributed by atoms with Gasteiger partial charge in [0, 0.05) is 16.4 Å². The topological polar surface area (TPSA) is 58.2 Å². The highest BCUT2D eigenvalue weighted by molar-refractivity contribution is 7.93. The molecule has 114 valence electrons. The zero-order valence-electron chi connectivity index (χ0n) is 11.2. The van der Waals surface area contributed by atoms with Gasteiger partial charge in [-0.05, 0) is 36.2 Å². The molecule has 21 heavy (non-hydrogen) atoms. The van der Waals surface area contributed by atoms with Crippen LogP contribution < -0.4 is 10.0 Å². The van der Waals surface area contributed by atoms with Crippen LogP contribution >= 0.6 is 22.9 Å². The summed E-state index contributed by atoms with van der Waals surface area (Å²) < 4.78 is 40.4. The van der Waals surface area contributed by atoms with Gasteiger partial charge in [0.1, 0.15) is 10.7 Å². The van der Waals surface area contributed by atoms with E-state index in [-0.39, 0.29) is 15.6 Å². The fourth-order valence-electron chi connectivity index (χ4n) is 1.76. The maximum absolute atomic E-state index is 13.3. The maximum Gasteiger partial charge on any atom is 0.263 e. The summed E-state index contributed by atoms with van der Waals surface area (Å²) in [7, 11) is -3.77. The number of benzene rings is 1. The highest BCUT2D eigenvalue weighted by Gasteiger charge is 2.20. The highest BCUT2D eigenvalue weighted by Crippen LogP contribution is 2.26. The summed E-state index contributed by atoms with van der Waals surface area (Å²) in [5.41, 5.74) is 0.0978. The van der Waals surface area contributed by atoms with Gasteiger partial charge in [0.15, 0.2) is 0 Å². The lowest BCUT2D eigenvalue weighted by Gasteiger charge is -2.09. The molecule has 0 amide bonds. The summed E-state index contributed by atoms with van der Waals surface area (Å²) in [6, 6.07) is 5.08. The smallest absolute Gasteiger partial charge is 0.263 e. The van der Waals surface area contributed by atoms with E-state index in [1.54, 1.807) is 5.38 Å². The minimum absolute atomic E-state index is 0.0978. The number of nitrogens with one attached hydrogen (secondary N) is 2. The third kappa shape index (κ3) is 4.16. The van der Waals surface area contributed by atoms with E-state index in [4.69, 9.17) is 11.6 Å². The van der Waals surface area contributed by atoms with Crippen LogP contribution in [0.4, 0.5) is 10.1 Å². The fraction of sp³-hybridized carbons (Fsp3) is 0.231. The molecule has 2 rings (SSSR count). The second-order valence-electron chi connectivity index (χ2n) is 4.25. The molecule has 0 saturated heterocycles. The van der Waals surface area contributed by atoms with Crippen LogP contribution in [0.3, 0.4) is 0 Å². The van der Waals surface area contributed by atoms with Gasteiger partial charge in [-0.15, -0.1) is 11.3 Å². The zero-order valence-corrected chi connectivity index (χ0v) is 13.6. The molecule has 1 heterocycles. The van der Waals surface area contributed by atoms with Gasteiger partial charge in [-0.2, -0.15) is 0 Å². The first-order chi connectivity index (χ1) is 9.92. The average molecular weight is 349 g/mol. The monoisotopic (exact) mass is 348 g/mol. The number of rotatable bonds is 6. The van der Waals surface area contributed by atoms with Gasteiger partial charge in [-0.25, -0.2) is 12.8 Å². The Bertz CT molecular complexity index is 711. The van der Waals surface area contributed by atoms with Crippen LogP contribution in [0, 0.1) is 5.82 Å². The molecule has 0 aliphatic carbocycles. The van der Waals surface area contributed by atoms with Crippen LogP contribution in [-0.4, -0.2) is 15.0 Å². The summed E-state index contributed by atoms with van der Waals surface area (Å²) in [6.07, 6.45) is 0. The molecule has 0 aliphatic heterocycles. The van der Waals surface area contributed by atoms with E-state index in [1.165, 1.54) is 23.5 Å². The lowest BCUT2D eigenvalue weighted by Crippen LogP contribution is -2.17. The Morgan fingerprint density at radius 2 is 2.10 bits per heavy atom. The first kappa shape index (κ1) is 16.2. The number of hydrogen-bond acceptors (Lipinski definition) is 4. The molecule has 0 spiro atoms. The van der Waals surface area contributed by atoms with Crippen LogP contribution in [0.5, 0.6) is 0 Å². The van der Waals surface area contributed by atoms with Gasteiger partial charge in [0.2, 0.25) is 0 Å². The molecule has 0 radical (unpaired) electrons. The van der Waals surface area contributed by atoms with Crippen molar-refractivity contribution >= 4 is 38.6 Å². The molecule has 0 atom stereocenters. The predicted octanol–water partition coefficient (Wildman–Crippen LogP) is 3.45. The van der Waals surface area contributed by atoms with Gasteiger partial charge in [-0.1, -0.05) is 18.5 Å². The molecule has 0 saturated carbocycles. The normalized spacial score (nSPS) is 11.6. The molecule has 1 aromatic carbocycles. The van der Waals surface area contributed by atoms with Gasteiger partial charge >= 0.3 is 0 Å². The number of thiophene rings is 1. The number of anilines is 1. The molecule has 8 heteroatoms. The molecule has 2 N–H and O–H groups in total. The summed E-state index contributed by atoms with van der Waals surface area (Å²) in [5.74, 6) is -0.599. The van der Waals surface area contributed by atoms with E-state index >= 15 is 0 Å². The Labute approximate surface area is 132 Å². The Morgan fingerprint density at radius 1 is 1.33 bits per heavy atom. The Balaban J connectivity index is 2.28. The van der Waals surface area contributed by atoms with Crippen molar-refractivity contribution in [2.24, 2.45) is 0 Å². The van der Waals surface area contributed by atoms with Gasteiger partial charge in [-0.3, -0.25) is 4.72 Å². The SMILES string of the molecule is CCNCc1sccc1S(=O)(=O)Nc1cc(F)cc(Cl)c1. The van der Waals surface area contributed by atoms with E-state index in [0.717, 1.165) is 18.7 Å². The van der Waals surface area contributed by atoms with Crippen molar-refractivity contribution in [3.05, 3.63) is 45.4 Å². The first-order valence-corrected chi connectivity index (χ1v) is 8.92. The standard InChI is InChI=1S/C13H14ClFN2O2S2/c1-2-16-8-12-13(3-4-20-12)21(18,19)17-11-6-9(14)5-10(15)7-11/h3-7,16-17H,2,8H2,1H3. The van der Waals surface area contributed by atoms with Crippen LogP contribution in [0.2, 0.25) is 5.02 Å². The summed E-state index contributed by atoms with van der Waals surface area (Å²) >= 11 is 7.07. The summed E-state index contributed by atoms with van der Waals surface area (Å²) in [5, 5.41) is 4.92. The van der Waals surface area contributed by atoms with Crippen molar-refractivity contribution < 1.29 is 12.8 Å². The number of hydrogen-bond donors (Lipinski definition) is 2. The Hall–Kier alpha value is -1.15. The second-order valence-corrected chi connectivity index (χ2v) is 7.34. The molecular weight excluding hydrogens is 335 g/mol. The maximum atomic E-state index is 13.3. The Kier molecular flexibility index (Phi) is 5.21. The summed E-state index contributed by atoms with van der Waals surface area (Å²) in [4.78, 5) is 0.890. The van der Waals surface area contributed by atoms with Crippen LogP contribution in [-0.2, 0) is 16.6 Å². The molecule has 0 aliphatic rings. The predicted molar refractivity (Wildman–Crippen MR) is 83.9 cm³/mol. The second kappa shape index (κ2) is 6.74. The summed E-state index contributed by atoms with van der Waals surface area (Å²) in [6.45, 7) is 3.15. The zero-order chi connectivity index (χ0) is 15.5. The number of halogens is 2. The van der Waals surface area contributed by atoms with Crippen molar-refractivity contribution in [1.29, 1.82) is 0 Å². The average Bonchev–Trinajstić information content (AvgIpc) is 2.83. The minimum Gasteiger partial charge on any atom is -0.312 e. The van der Waals surface area contributed by atoms with Crippen LogP contribution in [0.25, 0.3) is 0 Å². The molecule has 0 bridgehead atoms. The molecule has 4 nitrogen and oxygen atoms in total. The molecule has 1 aromatic heterocycles. The third-order valence-corrected chi connectivity index (χ3v) is 5.38. The van der Waals surface area contributed by atoms with Gasteiger partial charge in [0.05, 0.1) is 5.69 Å². The van der Waals surface area contributed by atoms with E-state index < -0.39 is 15.8 Å². The van der Waals surface area contributed by atoms with E-state index in [9.17, 15) is 12.8 Å². The molecule has 2 aromatic rings. The van der Waals surface area contributed by atoms with E-state index in [0.29, 0.717) is 11.4 Å².